The van der Waals surface area contributed by atoms with Crippen LogP contribution in [0.25, 0.3) is 0 Å². The summed E-state index contributed by atoms with van der Waals surface area (Å²) in [4.78, 5) is 0. The summed E-state index contributed by atoms with van der Waals surface area (Å²) in [5.74, 6) is 0.856. The van der Waals surface area contributed by atoms with E-state index >= 15 is 0 Å². The van der Waals surface area contributed by atoms with Crippen molar-refractivity contribution in [3.05, 3.63) is 29.8 Å². The Hall–Kier alpha value is -1.06. The van der Waals surface area contributed by atoms with Gasteiger partial charge in [0.05, 0.1) is 6.10 Å². The molecule has 19 heavy (non-hydrogen) atoms. The molecular formula is C16H24O3. The summed E-state index contributed by atoms with van der Waals surface area (Å²) in [6, 6.07) is 8.17. The second-order valence-electron chi connectivity index (χ2n) is 6.16. The molecule has 1 aromatic rings. The normalized spacial score (nSPS) is 26.9. The quantitative estimate of drug-likeness (QED) is 0.908. The summed E-state index contributed by atoms with van der Waals surface area (Å²) in [6.07, 6.45) is 0.0222. The van der Waals surface area contributed by atoms with E-state index in [9.17, 15) is 5.11 Å². The Morgan fingerprint density at radius 3 is 2.63 bits per heavy atom. The van der Waals surface area contributed by atoms with Gasteiger partial charge in [0.15, 0.2) is 0 Å². The fourth-order valence-electron chi connectivity index (χ4n) is 2.29. The van der Waals surface area contributed by atoms with E-state index in [1.165, 1.54) is 5.56 Å². The van der Waals surface area contributed by atoms with Crippen molar-refractivity contribution < 1.29 is 14.6 Å². The third kappa shape index (κ3) is 3.28. The lowest BCUT2D eigenvalue weighted by Gasteiger charge is -2.40. The molecule has 0 heterocycles. The van der Waals surface area contributed by atoms with Crippen LogP contribution in [-0.2, 0) is 10.2 Å². The lowest BCUT2D eigenvalue weighted by Crippen LogP contribution is -2.55. The molecule has 0 aliphatic heterocycles. The van der Waals surface area contributed by atoms with Gasteiger partial charge in [-0.2, -0.15) is 0 Å². The largest absolute Gasteiger partial charge is 0.488 e. The van der Waals surface area contributed by atoms with Gasteiger partial charge in [0.25, 0.3) is 0 Å². The standard InChI is InChI=1S/C16H24O3/c1-5-18-15-13(17)10-14(15)19-12-8-6-7-11(9-12)16(2,3)4/h6-9,13-15,17H,5,10H2,1-4H3. The molecular weight excluding hydrogens is 240 g/mol. The molecule has 106 valence electrons. The van der Waals surface area contributed by atoms with E-state index in [-0.39, 0.29) is 17.6 Å². The van der Waals surface area contributed by atoms with Gasteiger partial charge in [0.2, 0.25) is 0 Å². The summed E-state index contributed by atoms with van der Waals surface area (Å²) in [6.45, 7) is 9.08. The zero-order valence-electron chi connectivity index (χ0n) is 12.2. The lowest BCUT2D eigenvalue weighted by molar-refractivity contribution is -0.160. The first-order valence-corrected chi connectivity index (χ1v) is 6.98. The molecule has 0 spiro atoms. The zero-order chi connectivity index (χ0) is 14.0. The number of aliphatic hydroxyl groups excluding tert-OH is 1. The van der Waals surface area contributed by atoms with Crippen molar-refractivity contribution in [2.24, 2.45) is 0 Å². The van der Waals surface area contributed by atoms with Crippen molar-refractivity contribution in [3.63, 3.8) is 0 Å². The van der Waals surface area contributed by atoms with E-state index in [1.54, 1.807) is 0 Å². The molecule has 3 heteroatoms. The Morgan fingerprint density at radius 1 is 1.32 bits per heavy atom. The highest BCUT2D eigenvalue weighted by Gasteiger charge is 2.42. The molecule has 1 N–H and O–H groups in total. The van der Waals surface area contributed by atoms with Crippen LogP contribution in [-0.4, -0.2) is 30.0 Å². The van der Waals surface area contributed by atoms with E-state index in [2.05, 4.69) is 32.9 Å². The number of rotatable bonds is 4. The Balaban J connectivity index is 2.04. The summed E-state index contributed by atoms with van der Waals surface area (Å²) in [5.41, 5.74) is 1.36. The molecule has 0 aromatic heterocycles. The van der Waals surface area contributed by atoms with E-state index in [4.69, 9.17) is 9.47 Å². The van der Waals surface area contributed by atoms with Gasteiger partial charge in [-0.05, 0) is 30.0 Å². The van der Waals surface area contributed by atoms with Gasteiger partial charge in [0, 0.05) is 13.0 Å². The van der Waals surface area contributed by atoms with Crippen molar-refractivity contribution in [2.45, 2.75) is 57.8 Å². The first-order valence-electron chi connectivity index (χ1n) is 6.98. The molecule has 0 amide bonds. The summed E-state index contributed by atoms with van der Waals surface area (Å²) in [7, 11) is 0. The molecule has 1 saturated carbocycles. The Bertz CT molecular complexity index is 422. The van der Waals surface area contributed by atoms with Gasteiger partial charge in [-0.15, -0.1) is 0 Å². The highest BCUT2D eigenvalue weighted by atomic mass is 16.6. The van der Waals surface area contributed by atoms with E-state index < -0.39 is 6.10 Å². The number of aliphatic hydroxyl groups is 1. The average molecular weight is 264 g/mol. The van der Waals surface area contributed by atoms with Gasteiger partial charge >= 0.3 is 0 Å². The van der Waals surface area contributed by atoms with Crippen molar-refractivity contribution >= 4 is 0 Å². The fourth-order valence-corrected chi connectivity index (χ4v) is 2.29. The number of benzene rings is 1. The topological polar surface area (TPSA) is 38.7 Å². The maximum Gasteiger partial charge on any atom is 0.130 e. The molecule has 3 atom stereocenters. The zero-order valence-corrected chi connectivity index (χ0v) is 12.2. The van der Waals surface area contributed by atoms with E-state index in [0.717, 1.165) is 5.75 Å². The second-order valence-corrected chi connectivity index (χ2v) is 6.16. The van der Waals surface area contributed by atoms with Crippen LogP contribution in [0.1, 0.15) is 39.7 Å². The minimum absolute atomic E-state index is 0.0369. The van der Waals surface area contributed by atoms with Gasteiger partial charge in [-0.25, -0.2) is 0 Å². The van der Waals surface area contributed by atoms with Crippen molar-refractivity contribution in [1.29, 1.82) is 0 Å². The number of hydrogen-bond donors (Lipinski definition) is 1. The Morgan fingerprint density at radius 2 is 2.05 bits per heavy atom. The van der Waals surface area contributed by atoms with Crippen LogP contribution in [0.2, 0.25) is 0 Å². The third-order valence-electron chi connectivity index (χ3n) is 3.57. The van der Waals surface area contributed by atoms with Crippen LogP contribution in [0.3, 0.4) is 0 Å². The number of hydrogen-bond acceptors (Lipinski definition) is 3. The molecule has 2 rings (SSSR count). The first-order chi connectivity index (χ1) is 8.91. The summed E-state index contributed by atoms with van der Waals surface area (Å²) in [5, 5.41) is 9.67. The Labute approximate surface area is 115 Å². The Kier molecular flexibility index (Phi) is 4.16. The summed E-state index contributed by atoms with van der Waals surface area (Å²) < 4.78 is 11.4. The minimum Gasteiger partial charge on any atom is -0.488 e. The molecule has 1 aromatic carbocycles. The predicted molar refractivity (Wildman–Crippen MR) is 75.6 cm³/mol. The van der Waals surface area contributed by atoms with Gasteiger partial charge in [-0.1, -0.05) is 32.9 Å². The predicted octanol–water partition coefficient (Wildman–Crippen LogP) is 2.90. The van der Waals surface area contributed by atoms with Gasteiger partial charge in [0.1, 0.15) is 18.0 Å². The van der Waals surface area contributed by atoms with Gasteiger partial charge in [-0.3, -0.25) is 0 Å². The molecule has 3 nitrogen and oxygen atoms in total. The summed E-state index contributed by atoms with van der Waals surface area (Å²) >= 11 is 0. The monoisotopic (exact) mass is 264 g/mol. The molecule has 0 radical (unpaired) electrons. The van der Waals surface area contributed by atoms with Crippen LogP contribution in [0.4, 0.5) is 0 Å². The molecule has 1 aliphatic rings. The van der Waals surface area contributed by atoms with Crippen LogP contribution in [0, 0.1) is 0 Å². The third-order valence-corrected chi connectivity index (χ3v) is 3.57. The number of ether oxygens (including phenoxy) is 2. The second kappa shape index (κ2) is 5.51. The molecule has 1 aliphatic carbocycles. The highest BCUT2D eigenvalue weighted by Crippen LogP contribution is 2.31. The van der Waals surface area contributed by atoms with Crippen molar-refractivity contribution in [1.82, 2.24) is 0 Å². The van der Waals surface area contributed by atoms with E-state index in [0.29, 0.717) is 13.0 Å². The maximum absolute atomic E-state index is 9.67. The van der Waals surface area contributed by atoms with Gasteiger partial charge < -0.3 is 14.6 Å². The molecule has 1 fully saturated rings. The molecule has 0 bridgehead atoms. The molecule has 0 saturated heterocycles. The first kappa shape index (κ1) is 14.4. The van der Waals surface area contributed by atoms with Crippen LogP contribution < -0.4 is 4.74 Å². The SMILES string of the molecule is CCOC1C(O)CC1Oc1cccc(C(C)(C)C)c1. The van der Waals surface area contributed by atoms with E-state index in [1.807, 2.05) is 19.1 Å². The minimum atomic E-state index is -0.393. The van der Waals surface area contributed by atoms with Crippen molar-refractivity contribution in [3.8, 4) is 5.75 Å². The van der Waals surface area contributed by atoms with Crippen LogP contribution in [0.5, 0.6) is 5.75 Å². The van der Waals surface area contributed by atoms with Crippen molar-refractivity contribution in [2.75, 3.05) is 6.61 Å². The van der Waals surface area contributed by atoms with Crippen LogP contribution in [0.15, 0.2) is 24.3 Å². The highest BCUT2D eigenvalue weighted by molar-refractivity contribution is 5.33. The molecule has 3 unspecified atom stereocenters. The smallest absolute Gasteiger partial charge is 0.130 e. The van der Waals surface area contributed by atoms with Crippen LogP contribution >= 0.6 is 0 Å². The fraction of sp³-hybridized carbons (Fsp3) is 0.625. The average Bonchev–Trinajstić information content (AvgIpc) is 2.35. The lowest BCUT2D eigenvalue weighted by atomic mass is 9.86. The maximum atomic E-state index is 9.67.